The summed E-state index contributed by atoms with van der Waals surface area (Å²) < 4.78 is 5.11. The third kappa shape index (κ3) is 5.57. The first-order valence-electron chi connectivity index (χ1n) is 7.39. The van der Waals surface area contributed by atoms with Crippen LogP contribution in [0.15, 0.2) is 59.6 Å². The largest absolute Gasteiger partial charge is 0.382 e. The maximum Gasteiger partial charge on any atom is 0.155 e. The van der Waals surface area contributed by atoms with Gasteiger partial charge in [0.05, 0.1) is 17.9 Å². The highest BCUT2D eigenvalue weighted by atomic mass is 35.5. The number of amidine groups is 1. The fourth-order valence-corrected chi connectivity index (χ4v) is 3.44. The fourth-order valence-electron chi connectivity index (χ4n) is 2.24. The molecule has 2 N–H and O–H groups in total. The van der Waals surface area contributed by atoms with Crippen LogP contribution in [0.25, 0.3) is 0 Å². The van der Waals surface area contributed by atoms with Crippen LogP contribution in [0.5, 0.6) is 0 Å². The average Bonchev–Trinajstić information content (AvgIpc) is 2.54. The van der Waals surface area contributed by atoms with Crippen LogP contribution in [0.4, 0.5) is 0 Å². The van der Waals surface area contributed by atoms with Crippen molar-refractivity contribution in [2.24, 2.45) is 10.7 Å². The Balaban J connectivity index is 2.26. The zero-order valence-electron chi connectivity index (χ0n) is 13.3. The molecule has 0 aliphatic carbocycles. The zero-order valence-corrected chi connectivity index (χ0v) is 14.8. The smallest absolute Gasteiger partial charge is 0.155 e. The number of ether oxygens (including phenoxy) is 1. The van der Waals surface area contributed by atoms with Crippen molar-refractivity contribution in [2.75, 3.05) is 13.7 Å². The van der Waals surface area contributed by atoms with Crippen molar-refractivity contribution < 1.29 is 4.74 Å². The Labute approximate surface area is 146 Å². The summed E-state index contributed by atoms with van der Waals surface area (Å²) in [6, 6.07) is 18.1. The van der Waals surface area contributed by atoms with E-state index in [9.17, 15) is 0 Å². The fraction of sp³-hybridized carbons (Fsp3) is 0.278. The summed E-state index contributed by atoms with van der Waals surface area (Å²) >= 11 is 7.54. The van der Waals surface area contributed by atoms with Crippen molar-refractivity contribution in [3.8, 4) is 0 Å². The molecule has 0 aromatic heterocycles. The zero-order chi connectivity index (χ0) is 16.7. The van der Waals surface area contributed by atoms with E-state index in [1.165, 1.54) is 5.56 Å². The average molecular weight is 349 g/mol. The van der Waals surface area contributed by atoms with Crippen LogP contribution >= 0.6 is 23.4 Å². The monoisotopic (exact) mass is 348 g/mol. The standard InChI is InChI=1S/C18H21ClN2OS/c1-13(12-22-2)21-18(20)23-17(14-6-4-3-5-7-14)15-8-10-16(19)11-9-15/h3-11,13,17H,12H2,1-2H3,(H2,20,21)/t13-,17-/m1/s1. The number of nitrogens with zero attached hydrogens (tertiary/aromatic N) is 1. The van der Waals surface area contributed by atoms with E-state index in [0.29, 0.717) is 11.8 Å². The van der Waals surface area contributed by atoms with Crippen LogP contribution in [-0.2, 0) is 4.74 Å². The molecule has 0 unspecified atom stereocenters. The van der Waals surface area contributed by atoms with Crippen LogP contribution in [0.3, 0.4) is 0 Å². The number of halogens is 1. The molecule has 0 amide bonds. The molecule has 2 aromatic carbocycles. The third-order valence-corrected chi connectivity index (χ3v) is 4.65. The minimum absolute atomic E-state index is 0.0362. The van der Waals surface area contributed by atoms with Crippen LogP contribution in [0, 0.1) is 0 Å². The number of aliphatic imine (C=N–C) groups is 1. The van der Waals surface area contributed by atoms with E-state index in [-0.39, 0.29) is 11.3 Å². The summed E-state index contributed by atoms with van der Waals surface area (Å²) in [6.07, 6.45) is 0. The minimum atomic E-state index is 0.0362. The van der Waals surface area contributed by atoms with Gasteiger partial charge in [0.15, 0.2) is 5.17 Å². The molecule has 2 rings (SSSR count). The molecule has 0 saturated carbocycles. The van der Waals surface area contributed by atoms with Crippen molar-refractivity contribution in [3.05, 3.63) is 70.7 Å². The summed E-state index contributed by atoms with van der Waals surface area (Å²) in [5, 5.41) is 1.35. The summed E-state index contributed by atoms with van der Waals surface area (Å²) in [6.45, 7) is 2.54. The molecule has 3 nitrogen and oxygen atoms in total. The summed E-state index contributed by atoms with van der Waals surface area (Å²) in [7, 11) is 1.66. The van der Waals surface area contributed by atoms with Crippen LogP contribution in [-0.4, -0.2) is 24.9 Å². The SMILES string of the molecule is COC[C@@H](C)N=C(N)S[C@H](c1ccccc1)c1ccc(Cl)cc1. The lowest BCUT2D eigenvalue weighted by Crippen LogP contribution is -2.16. The quantitative estimate of drug-likeness (QED) is 0.617. The van der Waals surface area contributed by atoms with Gasteiger partial charge in [-0.2, -0.15) is 0 Å². The molecule has 0 spiro atoms. The molecule has 2 atom stereocenters. The molecule has 0 radical (unpaired) electrons. The van der Waals surface area contributed by atoms with E-state index in [4.69, 9.17) is 22.1 Å². The summed E-state index contributed by atoms with van der Waals surface area (Å²) in [5.74, 6) is 0. The Morgan fingerprint density at radius 3 is 2.35 bits per heavy atom. The normalized spacial score (nSPS) is 14.5. The van der Waals surface area contributed by atoms with Gasteiger partial charge < -0.3 is 10.5 Å². The van der Waals surface area contributed by atoms with E-state index < -0.39 is 0 Å². The predicted molar refractivity (Wildman–Crippen MR) is 100 cm³/mol. The lowest BCUT2D eigenvalue weighted by atomic mass is 10.0. The van der Waals surface area contributed by atoms with Crippen molar-refractivity contribution in [1.82, 2.24) is 0 Å². The highest BCUT2D eigenvalue weighted by Crippen LogP contribution is 2.36. The number of methoxy groups -OCH3 is 1. The molecular formula is C18H21ClN2OS. The molecular weight excluding hydrogens is 328 g/mol. The maximum absolute atomic E-state index is 6.14. The second-order valence-electron chi connectivity index (χ2n) is 5.23. The highest BCUT2D eigenvalue weighted by molar-refractivity contribution is 8.14. The molecule has 122 valence electrons. The predicted octanol–water partition coefficient (Wildman–Crippen LogP) is 4.51. The van der Waals surface area contributed by atoms with E-state index in [1.54, 1.807) is 18.9 Å². The van der Waals surface area contributed by atoms with Crippen molar-refractivity contribution >= 4 is 28.5 Å². The molecule has 5 heteroatoms. The molecule has 0 saturated heterocycles. The Kier molecular flexibility index (Phi) is 6.96. The first-order valence-corrected chi connectivity index (χ1v) is 8.65. The summed E-state index contributed by atoms with van der Waals surface area (Å²) in [5.41, 5.74) is 8.46. The highest BCUT2D eigenvalue weighted by Gasteiger charge is 2.17. The second kappa shape index (κ2) is 8.96. The van der Waals surface area contributed by atoms with Gasteiger partial charge >= 0.3 is 0 Å². The Bertz CT molecular complexity index is 631. The molecule has 23 heavy (non-hydrogen) atoms. The number of hydrogen-bond acceptors (Lipinski definition) is 3. The molecule has 0 bridgehead atoms. The molecule has 0 heterocycles. The van der Waals surface area contributed by atoms with Gasteiger partial charge in [0.1, 0.15) is 0 Å². The van der Waals surface area contributed by atoms with Gasteiger partial charge in [0.25, 0.3) is 0 Å². The van der Waals surface area contributed by atoms with Gasteiger partial charge in [-0.3, -0.25) is 4.99 Å². The van der Waals surface area contributed by atoms with Gasteiger partial charge in [-0.05, 0) is 30.2 Å². The summed E-state index contributed by atoms with van der Waals surface area (Å²) in [4.78, 5) is 4.48. The minimum Gasteiger partial charge on any atom is -0.382 e. The molecule has 2 aromatic rings. The van der Waals surface area contributed by atoms with Gasteiger partial charge in [0, 0.05) is 12.1 Å². The Morgan fingerprint density at radius 1 is 1.13 bits per heavy atom. The lowest BCUT2D eigenvalue weighted by Gasteiger charge is -2.18. The van der Waals surface area contributed by atoms with Gasteiger partial charge in [-0.15, -0.1) is 0 Å². The van der Waals surface area contributed by atoms with E-state index >= 15 is 0 Å². The first-order chi connectivity index (χ1) is 11.1. The second-order valence-corrected chi connectivity index (χ2v) is 6.79. The molecule has 0 fully saturated rings. The van der Waals surface area contributed by atoms with Crippen molar-refractivity contribution in [2.45, 2.75) is 18.2 Å². The van der Waals surface area contributed by atoms with Crippen molar-refractivity contribution in [3.63, 3.8) is 0 Å². The number of benzene rings is 2. The van der Waals surface area contributed by atoms with Crippen LogP contribution < -0.4 is 5.73 Å². The topological polar surface area (TPSA) is 47.6 Å². The molecule has 0 aliphatic heterocycles. The van der Waals surface area contributed by atoms with Crippen molar-refractivity contribution in [1.29, 1.82) is 0 Å². The van der Waals surface area contributed by atoms with Gasteiger partial charge in [-0.25, -0.2) is 0 Å². The number of thioether (sulfide) groups is 1. The lowest BCUT2D eigenvalue weighted by molar-refractivity contribution is 0.186. The third-order valence-electron chi connectivity index (χ3n) is 3.27. The van der Waals surface area contributed by atoms with Gasteiger partial charge in [-0.1, -0.05) is 65.8 Å². The molecule has 0 aliphatic rings. The Hall–Kier alpha value is -1.49. The van der Waals surface area contributed by atoms with E-state index in [1.807, 2.05) is 49.4 Å². The van der Waals surface area contributed by atoms with Crippen LogP contribution in [0.1, 0.15) is 23.3 Å². The van der Waals surface area contributed by atoms with E-state index in [0.717, 1.165) is 10.6 Å². The first kappa shape index (κ1) is 17.9. The maximum atomic E-state index is 6.14. The number of hydrogen-bond donors (Lipinski definition) is 1. The van der Waals surface area contributed by atoms with Gasteiger partial charge in [0.2, 0.25) is 0 Å². The number of rotatable bonds is 6. The van der Waals surface area contributed by atoms with Crippen LogP contribution in [0.2, 0.25) is 5.02 Å². The number of nitrogens with two attached hydrogens (primary N) is 1. The van der Waals surface area contributed by atoms with E-state index in [2.05, 4.69) is 17.1 Å². The Morgan fingerprint density at radius 2 is 1.74 bits per heavy atom.